The first-order valence-corrected chi connectivity index (χ1v) is 7.00. The van der Waals surface area contributed by atoms with Crippen molar-refractivity contribution in [2.75, 3.05) is 11.1 Å². The van der Waals surface area contributed by atoms with Gasteiger partial charge >= 0.3 is 0 Å². The zero-order valence-electron chi connectivity index (χ0n) is 12.4. The molecule has 2 rings (SSSR count). The summed E-state index contributed by atoms with van der Waals surface area (Å²) in [7, 11) is 0. The van der Waals surface area contributed by atoms with Gasteiger partial charge in [0.25, 0.3) is 5.91 Å². The summed E-state index contributed by atoms with van der Waals surface area (Å²) in [4.78, 5) is 11.4. The van der Waals surface area contributed by atoms with Crippen LogP contribution in [0.5, 0.6) is 0 Å². The maximum atomic E-state index is 11.4. The first-order chi connectivity index (χ1) is 9.99. The molecule has 4 heteroatoms. The van der Waals surface area contributed by atoms with Crippen molar-refractivity contribution in [1.29, 1.82) is 0 Å². The molecule has 0 aliphatic carbocycles. The van der Waals surface area contributed by atoms with Gasteiger partial charge in [-0.1, -0.05) is 44.2 Å². The second kappa shape index (κ2) is 6.31. The molecule has 0 spiro atoms. The van der Waals surface area contributed by atoms with Gasteiger partial charge in [-0.15, -0.1) is 0 Å². The molecule has 4 nitrogen and oxygen atoms in total. The summed E-state index contributed by atoms with van der Waals surface area (Å²) in [5.41, 5.74) is 15.2. The van der Waals surface area contributed by atoms with E-state index in [0.717, 1.165) is 5.56 Å². The SMILES string of the molecule is CC(C)c1ccc(CNc2c(N)cccc2C(N)=O)cc1. The van der Waals surface area contributed by atoms with Crippen molar-refractivity contribution in [3.63, 3.8) is 0 Å². The number of carbonyl (C=O) groups is 1. The normalized spacial score (nSPS) is 10.6. The highest BCUT2D eigenvalue weighted by Gasteiger charge is 2.10. The second-order valence-electron chi connectivity index (χ2n) is 5.38. The Morgan fingerprint density at radius 1 is 1.14 bits per heavy atom. The Morgan fingerprint density at radius 2 is 1.81 bits per heavy atom. The Labute approximate surface area is 125 Å². The number of anilines is 2. The summed E-state index contributed by atoms with van der Waals surface area (Å²) >= 11 is 0. The zero-order valence-corrected chi connectivity index (χ0v) is 12.4. The Hall–Kier alpha value is -2.49. The predicted octanol–water partition coefficient (Wildman–Crippen LogP) is 3.10. The van der Waals surface area contributed by atoms with Gasteiger partial charge in [0.1, 0.15) is 0 Å². The fourth-order valence-corrected chi connectivity index (χ4v) is 2.18. The minimum Gasteiger partial charge on any atom is -0.397 e. The van der Waals surface area contributed by atoms with Crippen molar-refractivity contribution in [3.8, 4) is 0 Å². The van der Waals surface area contributed by atoms with E-state index >= 15 is 0 Å². The first kappa shape index (κ1) is 14.9. The third-order valence-corrected chi connectivity index (χ3v) is 3.48. The number of primary amides is 1. The van der Waals surface area contributed by atoms with E-state index in [-0.39, 0.29) is 0 Å². The van der Waals surface area contributed by atoms with Crippen LogP contribution in [0, 0.1) is 0 Å². The van der Waals surface area contributed by atoms with Crippen LogP contribution in [0.2, 0.25) is 0 Å². The van der Waals surface area contributed by atoms with Crippen molar-refractivity contribution in [2.45, 2.75) is 26.3 Å². The van der Waals surface area contributed by atoms with Gasteiger partial charge in [0.2, 0.25) is 0 Å². The molecule has 0 aliphatic rings. The molecular formula is C17H21N3O. The first-order valence-electron chi connectivity index (χ1n) is 7.00. The second-order valence-corrected chi connectivity index (χ2v) is 5.38. The van der Waals surface area contributed by atoms with Gasteiger partial charge in [-0.2, -0.15) is 0 Å². The molecule has 110 valence electrons. The minimum atomic E-state index is -0.486. The molecule has 0 aliphatic heterocycles. The maximum Gasteiger partial charge on any atom is 0.250 e. The largest absolute Gasteiger partial charge is 0.397 e. The van der Waals surface area contributed by atoms with Gasteiger partial charge in [-0.05, 0) is 29.2 Å². The molecule has 0 heterocycles. The Kier molecular flexibility index (Phi) is 4.48. The molecule has 5 N–H and O–H groups in total. The molecule has 1 amide bonds. The molecule has 0 saturated heterocycles. The summed E-state index contributed by atoms with van der Waals surface area (Å²) in [6.07, 6.45) is 0. The molecule has 21 heavy (non-hydrogen) atoms. The average Bonchev–Trinajstić information content (AvgIpc) is 2.46. The lowest BCUT2D eigenvalue weighted by molar-refractivity contribution is 0.100. The van der Waals surface area contributed by atoms with Crippen molar-refractivity contribution < 1.29 is 4.79 Å². The molecule has 2 aromatic rings. The third-order valence-electron chi connectivity index (χ3n) is 3.48. The number of rotatable bonds is 5. The highest BCUT2D eigenvalue weighted by molar-refractivity contribution is 6.01. The van der Waals surface area contributed by atoms with E-state index in [1.165, 1.54) is 5.56 Å². The van der Waals surface area contributed by atoms with Crippen LogP contribution >= 0.6 is 0 Å². The number of carbonyl (C=O) groups excluding carboxylic acids is 1. The summed E-state index contributed by atoms with van der Waals surface area (Å²) in [6.45, 7) is 4.92. The van der Waals surface area contributed by atoms with Crippen LogP contribution in [0.25, 0.3) is 0 Å². The van der Waals surface area contributed by atoms with E-state index in [2.05, 4.69) is 43.4 Å². The van der Waals surface area contributed by atoms with Crippen LogP contribution in [0.4, 0.5) is 11.4 Å². The lowest BCUT2D eigenvalue weighted by Crippen LogP contribution is -2.15. The number of hydrogen-bond donors (Lipinski definition) is 3. The van der Waals surface area contributed by atoms with Crippen molar-refractivity contribution in [1.82, 2.24) is 0 Å². The number of benzene rings is 2. The highest BCUT2D eigenvalue weighted by Crippen LogP contribution is 2.24. The molecule has 0 unspecified atom stereocenters. The van der Waals surface area contributed by atoms with Gasteiger partial charge < -0.3 is 16.8 Å². The number of nitrogens with one attached hydrogen (secondary N) is 1. The minimum absolute atomic E-state index is 0.411. The van der Waals surface area contributed by atoms with Crippen molar-refractivity contribution >= 4 is 17.3 Å². The van der Waals surface area contributed by atoms with Gasteiger partial charge in [-0.25, -0.2) is 0 Å². The lowest BCUT2D eigenvalue weighted by atomic mass is 10.0. The Bertz CT molecular complexity index is 633. The topological polar surface area (TPSA) is 81.1 Å². The van der Waals surface area contributed by atoms with E-state index in [1.807, 2.05) is 0 Å². The monoisotopic (exact) mass is 283 g/mol. The number of amides is 1. The van der Waals surface area contributed by atoms with Crippen LogP contribution in [-0.4, -0.2) is 5.91 Å². The number of hydrogen-bond acceptors (Lipinski definition) is 3. The fourth-order valence-electron chi connectivity index (χ4n) is 2.18. The van der Waals surface area contributed by atoms with E-state index in [9.17, 15) is 4.79 Å². The molecule has 0 atom stereocenters. The number of nitrogens with two attached hydrogens (primary N) is 2. The zero-order chi connectivity index (χ0) is 15.4. The van der Waals surface area contributed by atoms with Gasteiger partial charge in [0.15, 0.2) is 0 Å². The average molecular weight is 283 g/mol. The number of para-hydroxylation sites is 1. The summed E-state index contributed by atoms with van der Waals surface area (Å²) < 4.78 is 0. The van der Waals surface area contributed by atoms with Crippen molar-refractivity contribution in [2.24, 2.45) is 5.73 Å². The van der Waals surface area contributed by atoms with E-state index in [1.54, 1.807) is 18.2 Å². The molecular weight excluding hydrogens is 262 g/mol. The summed E-state index contributed by atoms with van der Waals surface area (Å²) in [5, 5.41) is 3.20. The molecule has 0 aromatic heterocycles. The van der Waals surface area contributed by atoms with E-state index < -0.39 is 5.91 Å². The molecule has 0 radical (unpaired) electrons. The predicted molar refractivity (Wildman–Crippen MR) is 87.2 cm³/mol. The summed E-state index contributed by atoms with van der Waals surface area (Å²) in [5.74, 6) is 0.0261. The molecule has 0 fully saturated rings. The van der Waals surface area contributed by atoms with Crippen molar-refractivity contribution in [3.05, 3.63) is 59.2 Å². The van der Waals surface area contributed by atoms with Crippen LogP contribution < -0.4 is 16.8 Å². The van der Waals surface area contributed by atoms with E-state index in [4.69, 9.17) is 11.5 Å². The van der Waals surface area contributed by atoms with Gasteiger partial charge in [0.05, 0.1) is 16.9 Å². The fraction of sp³-hybridized carbons (Fsp3) is 0.235. The molecule has 0 bridgehead atoms. The quantitative estimate of drug-likeness (QED) is 0.737. The van der Waals surface area contributed by atoms with Gasteiger partial charge in [0, 0.05) is 6.54 Å². The third kappa shape index (κ3) is 3.54. The van der Waals surface area contributed by atoms with E-state index in [0.29, 0.717) is 29.4 Å². The van der Waals surface area contributed by atoms with Crippen LogP contribution in [0.15, 0.2) is 42.5 Å². The Balaban J connectivity index is 2.15. The lowest BCUT2D eigenvalue weighted by Gasteiger charge is -2.13. The highest BCUT2D eigenvalue weighted by atomic mass is 16.1. The summed E-state index contributed by atoms with van der Waals surface area (Å²) in [6, 6.07) is 13.5. The molecule has 2 aromatic carbocycles. The molecule has 0 saturated carbocycles. The van der Waals surface area contributed by atoms with Gasteiger partial charge in [-0.3, -0.25) is 4.79 Å². The van der Waals surface area contributed by atoms with Crippen LogP contribution in [0.3, 0.4) is 0 Å². The maximum absolute atomic E-state index is 11.4. The standard InChI is InChI=1S/C17H21N3O/c1-11(2)13-8-6-12(7-9-13)10-20-16-14(17(19)21)4-3-5-15(16)18/h3-9,11,20H,10,18H2,1-2H3,(H2,19,21). The smallest absolute Gasteiger partial charge is 0.250 e. The van der Waals surface area contributed by atoms with Crippen LogP contribution in [0.1, 0.15) is 41.3 Å². The van der Waals surface area contributed by atoms with Crippen LogP contribution in [-0.2, 0) is 6.54 Å². The Morgan fingerprint density at radius 3 is 2.38 bits per heavy atom. The number of nitrogen functional groups attached to an aromatic ring is 1.